The maximum absolute atomic E-state index is 13.2. The van der Waals surface area contributed by atoms with E-state index in [2.05, 4.69) is 21.5 Å². The van der Waals surface area contributed by atoms with Crippen LogP contribution in [0.2, 0.25) is 0 Å². The molecule has 3 aromatic rings. The van der Waals surface area contributed by atoms with E-state index in [0.717, 1.165) is 17.7 Å². The number of hydrogen-bond donors (Lipinski definition) is 1. The molecule has 1 heterocycles. The largest absolute Gasteiger partial charge is 0.308 e. The van der Waals surface area contributed by atoms with Gasteiger partial charge in [0.2, 0.25) is 10.0 Å². The lowest BCUT2D eigenvalue weighted by Crippen LogP contribution is -2.32. The Labute approximate surface area is 173 Å². The molecule has 0 saturated carbocycles. The van der Waals surface area contributed by atoms with Crippen LogP contribution in [-0.4, -0.2) is 28.9 Å². The number of sulfonamides is 1. The summed E-state index contributed by atoms with van der Waals surface area (Å²) < 4.78 is 43.5. The Hall–Kier alpha value is -2.49. The lowest BCUT2D eigenvalue weighted by molar-refractivity contribution is 0.530. The van der Waals surface area contributed by atoms with Crippen molar-refractivity contribution in [1.29, 1.82) is 0 Å². The van der Waals surface area contributed by atoms with Gasteiger partial charge in [0.15, 0.2) is 11.0 Å². The molecule has 3 rings (SSSR count). The van der Waals surface area contributed by atoms with Gasteiger partial charge in [-0.25, -0.2) is 17.5 Å². The average molecular weight is 433 g/mol. The fourth-order valence-electron chi connectivity index (χ4n) is 2.79. The van der Waals surface area contributed by atoms with E-state index in [-0.39, 0.29) is 4.90 Å². The second-order valence-corrected chi connectivity index (χ2v) is 9.02. The van der Waals surface area contributed by atoms with Crippen molar-refractivity contribution >= 4 is 21.8 Å². The highest BCUT2D eigenvalue weighted by Crippen LogP contribution is 2.24. The molecular weight excluding hydrogens is 411 g/mol. The zero-order valence-electron chi connectivity index (χ0n) is 15.8. The summed E-state index contributed by atoms with van der Waals surface area (Å²) in [5.41, 5.74) is 0.947. The van der Waals surface area contributed by atoms with Gasteiger partial charge >= 0.3 is 0 Å². The molecule has 2 aromatic carbocycles. The van der Waals surface area contributed by atoms with Crippen LogP contribution >= 0.6 is 11.8 Å². The first-order chi connectivity index (χ1) is 13.9. The molecule has 0 aliphatic heterocycles. The van der Waals surface area contributed by atoms with Gasteiger partial charge < -0.3 is 4.57 Å². The Morgan fingerprint density at radius 1 is 1.17 bits per heavy atom. The van der Waals surface area contributed by atoms with Gasteiger partial charge in [-0.1, -0.05) is 48.2 Å². The van der Waals surface area contributed by atoms with Gasteiger partial charge in [-0.15, -0.1) is 16.8 Å². The molecular formula is C20H21FN4O2S2. The first kappa shape index (κ1) is 21.2. The Bertz CT molecular complexity index is 1070. The molecule has 0 aliphatic rings. The molecule has 9 heteroatoms. The van der Waals surface area contributed by atoms with Crippen molar-refractivity contribution in [2.75, 3.05) is 5.75 Å². The van der Waals surface area contributed by atoms with Gasteiger partial charge in [-0.3, -0.25) is 0 Å². The van der Waals surface area contributed by atoms with Crippen molar-refractivity contribution in [3.8, 4) is 0 Å². The Morgan fingerprint density at radius 3 is 2.52 bits per heavy atom. The standard InChI is InChI=1S/C20H21FN4O2S2/c1-3-13-28-20-23-22-19(25(20)2)18(14-15-7-5-4-6-8-15)24-29(26,27)17-11-9-16(21)10-12-17/h3-12,18,24H,1,13-14H2,2H3/t18-/m1/s1. The highest BCUT2D eigenvalue weighted by molar-refractivity contribution is 7.99. The monoisotopic (exact) mass is 432 g/mol. The lowest BCUT2D eigenvalue weighted by Gasteiger charge is -2.18. The number of aromatic nitrogens is 3. The third kappa shape index (κ3) is 5.31. The molecule has 1 atom stereocenters. The molecule has 0 amide bonds. The summed E-state index contributed by atoms with van der Waals surface area (Å²) in [7, 11) is -2.09. The topological polar surface area (TPSA) is 76.9 Å². The third-order valence-electron chi connectivity index (χ3n) is 4.21. The van der Waals surface area contributed by atoms with Crippen LogP contribution in [0.3, 0.4) is 0 Å². The number of benzene rings is 2. The summed E-state index contributed by atoms with van der Waals surface area (Å²) in [5, 5.41) is 9.07. The molecule has 0 radical (unpaired) electrons. The average Bonchev–Trinajstić information content (AvgIpc) is 3.07. The number of rotatable bonds is 9. The van der Waals surface area contributed by atoms with Crippen LogP contribution in [0, 0.1) is 5.82 Å². The lowest BCUT2D eigenvalue weighted by atomic mass is 10.1. The highest BCUT2D eigenvalue weighted by Gasteiger charge is 2.26. The van der Waals surface area contributed by atoms with Crippen molar-refractivity contribution in [1.82, 2.24) is 19.5 Å². The quantitative estimate of drug-likeness (QED) is 0.414. The van der Waals surface area contributed by atoms with Crippen molar-refractivity contribution < 1.29 is 12.8 Å². The molecule has 0 aliphatic carbocycles. The maximum Gasteiger partial charge on any atom is 0.241 e. The second-order valence-electron chi connectivity index (χ2n) is 6.32. The molecule has 0 bridgehead atoms. The number of nitrogens with zero attached hydrogens (tertiary/aromatic N) is 3. The van der Waals surface area contributed by atoms with E-state index < -0.39 is 21.9 Å². The molecule has 1 N–H and O–H groups in total. The van der Waals surface area contributed by atoms with Crippen LogP contribution in [0.25, 0.3) is 0 Å². The number of thioether (sulfide) groups is 1. The van der Waals surface area contributed by atoms with E-state index in [1.54, 1.807) is 17.7 Å². The van der Waals surface area contributed by atoms with Gasteiger partial charge in [0.05, 0.1) is 10.9 Å². The molecule has 152 valence electrons. The van der Waals surface area contributed by atoms with E-state index in [1.807, 2.05) is 30.3 Å². The zero-order valence-corrected chi connectivity index (χ0v) is 17.5. The van der Waals surface area contributed by atoms with Gasteiger partial charge in [-0.2, -0.15) is 0 Å². The fourth-order valence-corrected chi connectivity index (χ4v) is 4.64. The van der Waals surface area contributed by atoms with Crippen molar-refractivity contribution in [2.45, 2.75) is 22.5 Å². The molecule has 29 heavy (non-hydrogen) atoms. The van der Waals surface area contributed by atoms with Crippen molar-refractivity contribution in [2.24, 2.45) is 7.05 Å². The van der Waals surface area contributed by atoms with Crippen molar-refractivity contribution in [3.63, 3.8) is 0 Å². The van der Waals surface area contributed by atoms with E-state index in [1.165, 1.54) is 23.9 Å². The van der Waals surface area contributed by atoms with Crippen LogP contribution in [0.4, 0.5) is 4.39 Å². The highest BCUT2D eigenvalue weighted by atomic mass is 32.2. The molecule has 0 saturated heterocycles. The van der Waals surface area contributed by atoms with Crippen molar-refractivity contribution in [3.05, 3.63) is 84.5 Å². The summed E-state index contributed by atoms with van der Waals surface area (Å²) in [6, 6.07) is 13.6. The smallest absolute Gasteiger partial charge is 0.241 e. The normalized spacial score (nSPS) is 12.6. The summed E-state index contributed by atoms with van der Waals surface area (Å²) in [6.45, 7) is 3.69. The second kappa shape index (κ2) is 9.34. The predicted octanol–water partition coefficient (Wildman–Crippen LogP) is 3.49. The first-order valence-electron chi connectivity index (χ1n) is 8.85. The van der Waals surface area contributed by atoms with Crippen LogP contribution < -0.4 is 4.72 Å². The maximum atomic E-state index is 13.2. The van der Waals surface area contributed by atoms with E-state index >= 15 is 0 Å². The fraction of sp³-hybridized carbons (Fsp3) is 0.200. The van der Waals surface area contributed by atoms with E-state index in [4.69, 9.17) is 0 Å². The molecule has 1 aromatic heterocycles. The molecule has 0 fully saturated rings. The van der Waals surface area contributed by atoms with Gasteiger partial charge in [-0.05, 0) is 36.2 Å². The summed E-state index contributed by atoms with van der Waals surface area (Å²) in [4.78, 5) is -0.0135. The van der Waals surface area contributed by atoms with Crippen LogP contribution in [0.15, 0.2) is 77.3 Å². The minimum Gasteiger partial charge on any atom is -0.308 e. The third-order valence-corrected chi connectivity index (χ3v) is 6.72. The molecule has 0 spiro atoms. The Morgan fingerprint density at radius 2 is 1.86 bits per heavy atom. The van der Waals surface area contributed by atoms with E-state index in [0.29, 0.717) is 23.2 Å². The van der Waals surface area contributed by atoms with E-state index in [9.17, 15) is 12.8 Å². The van der Waals surface area contributed by atoms with Gasteiger partial charge in [0.1, 0.15) is 5.82 Å². The predicted molar refractivity (Wildman–Crippen MR) is 112 cm³/mol. The Balaban J connectivity index is 1.94. The number of nitrogens with one attached hydrogen (secondary N) is 1. The van der Waals surface area contributed by atoms with Crippen LogP contribution in [0.5, 0.6) is 0 Å². The molecule has 6 nitrogen and oxygen atoms in total. The SMILES string of the molecule is C=CCSc1nnc([C@@H](Cc2ccccc2)NS(=O)(=O)c2ccc(F)cc2)n1C. The molecule has 0 unspecified atom stereocenters. The first-order valence-corrected chi connectivity index (χ1v) is 11.3. The van der Waals surface area contributed by atoms with Gasteiger partial charge in [0, 0.05) is 12.8 Å². The minimum absolute atomic E-state index is 0.0135. The zero-order chi connectivity index (χ0) is 20.9. The minimum atomic E-state index is -3.89. The van der Waals surface area contributed by atoms with Gasteiger partial charge in [0.25, 0.3) is 0 Å². The number of halogens is 1. The Kier molecular flexibility index (Phi) is 6.83. The number of hydrogen-bond acceptors (Lipinski definition) is 5. The van der Waals surface area contributed by atoms with Crippen LogP contribution in [0.1, 0.15) is 17.4 Å². The summed E-state index contributed by atoms with van der Waals surface area (Å²) in [5.74, 6) is 0.657. The summed E-state index contributed by atoms with van der Waals surface area (Å²) in [6.07, 6.45) is 2.15. The summed E-state index contributed by atoms with van der Waals surface area (Å²) >= 11 is 1.46. The van der Waals surface area contributed by atoms with Crippen LogP contribution in [-0.2, 0) is 23.5 Å².